The van der Waals surface area contributed by atoms with Crippen molar-refractivity contribution < 1.29 is 24.0 Å². The third-order valence-corrected chi connectivity index (χ3v) is 5.81. The molecule has 2 aliphatic heterocycles. The van der Waals surface area contributed by atoms with Crippen LogP contribution >= 0.6 is 11.3 Å². The number of rotatable bonds is 5. The van der Waals surface area contributed by atoms with E-state index in [2.05, 4.69) is 32.5 Å². The first-order valence-corrected chi connectivity index (χ1v) is 10.0. The van der Waals surface area contributed by atoms with Crippen LogP contribution in [0.3, 0.4) is 0 Å². The number of oxime groups is 1. The fourth-order valence-electron chi connectivity index (χ4n) is 3.37. The Bertz CT molecular complexity index is 1160. The number of hydrogen-bond donors (Lipinski definition) is 2. The molecule has 0 aliphatic carbocycles. The molecule has 0 saturated carbocycles. The summed E-state index contributed by atoms with van der Waals surface area (Å²) in [6.07, 6.45) is 1.55. The number of ether oxygens (including phenoxy) is 1. The van der Waals surface area contributed by atoms with Gasteiger partial charge >= 0.3 is 6.03 Å². The zero-order valence-corrected chi connectivity index (χ0v) is 17.5. The Kier molecular flexibility index (Phi) is 5.35. The number of carbonyl (C=O) groups is 3. The summed E-state index contributed by atoms with van der Waals surface area (Å²) in [7, 11) is 2.98. The van der Waals surface area contributed by atoms with Gasteiger partial charge in [-0.1, -0.05) is 23.1 Å². The van der Waals surface area contributed by atoms with Crippen molar-refractivity contribution in [3.8, 4) is 17.6 Å². The number of methoxy groups -OCH3 is 1. The number of hydrogen-bond acceptors (Lipinski definition) is 7. The fourth-order valence-corrected chi connectivity index (χ4v) is 4.10. The highest BCUT2D eigenvalue weighted by atomic mass is 32.1. The van der Waals surface area contributed by atoms with Crippen molar-refractivity contribution in [1.29, 1.82) is 0 Å². The van der Waals surface area contributed by atoms with E-state index in [9.17, 15) is 14.4 Å². The molecule has 2 N–H and O–H groups in total. The molecule has 1 aromatic heterocycles. The van der Waals surface area contributed by atoms with Crippen molar-refractivity contribution in [2.75, 3.05) is 20.8 Å². The lowest BCUT2D eigenvalue weighted by atomic mass is 9.99. The summed E-state index contributed by atoms with van der Waals surface area (Å²) in [5.74, 6) is 5.54. The normalized spacial score (nSPS) is 19.7. The molecule has 1 fully saturated rings. The van der Waals surface area contributed by atoms with Gasteiger partial charge in [0.05, 0.1) is 24.7 Å². The largest absolute Gasteiger partial charge is 0.497 e. The van der Waals surface area contributed by atoms with Crippen LogP contribution in [0.25, 0.3) is 0 Å². The minimum Gasteiger partial charge on any atom is -0.497 e. The van der Waals surface area contributed by atoms with E-state index in [0.29, 0.717) is 22.7 Å². The first-order chi connectivity index (χ1) is 14.9. The van der Waals surface area contributed by atoms with E-state index in [1.54, 1.807) is 24.4 Å². The third kappa shape index (κ3) is 3.95. The molecule has 2 aliphatic rings. The van der Waals surface area contributed by atoms with Crippen LogP contribution in [-0.2, 0) is 16.2 Å². The molecule has 158 valence electrons. The van der Waals surface area contributed by atoms with E-state index in [0.717, 1.165) is 10.4 Å². The number of urea groups is 1. The van der Waals surface area contributed by atoms with Crippen molar-refractivity contribution in [3.05, 3.63) is 51.2 Å². The maximum atomic E-state index is 12.9. The van der Waals surface area contributed by atoms with E-state index < -0.39 is 17.5 Å². The smallest absolute Gasteiger partial charge is 0.323 e. The van der Waals surface area contributed by atoms with Crippen molar-refractivity contribution in [2.24, 2.45) is 5.16 Å². The molecule has 4 rings (SSSR count). The molecule has 0 radical (unpaired) electrons. The van der Waals surface area contributed by atoms with Gasteiger partial charge < -0.3 is 19.8 Å². The van der Waals surface area contributed by atoms with Gasteiger partial charge in [-0.15, -0.1) is 11.3 Å². The summed E-state index contributed by atoms with van der Waals surface area (Å²) in [5.41, 5.74) is -0.226. The number of nitrogens with one attached hydrogen (secondary N) is 2. The molecule has 0 unspecified atom stereocenters. The minimum absolute atomic E-state index is 0.0865. The molecule has 1 aromatic carbocycles. The average molecular weight is 438 g/mol. The van der Waals surface area contributed by atoms with E-state index in [1.165, 1.54) is 30.5 Å². The second-order valence-electron chi connectivity index (χ2n) is 6.87. The Labute approximate surface area is 182 Å². The molecule has 4 amide bonds. The minimum atomic E-state index is -1.55. The monoisotopic (exact) mass is 438 g/mol. The Hall–Kier alpha value is -3.84. The molecule has 0 spiro atoms. The second kappa shape index (κ2) is 8.12. The summed E-state index contributed by atoms with van der Waals surface area (Å²) < 4.78 is 5.19. The highest BCUT2D eigenvalue weighted by Crippen LogP contribution is 2.28. The quantitative estimate of drug-likeness (QED) is 0.317. The lowest BCUT2D eigenvalue weighted by Gasteiger charge is -2.26. The zero-order chi connectivity index (χ0) is 22.0. The van der Waals surface area contributed by atoms with Crippen LogP contribution in [0, 0.1) is 11.8 Å². The van der Waals surface area contributed by atoms with E-state index >= 15 is 0 Å². The molecule has 3 heterocycles. The number of nitrogens with zero attached hydrogens (tertiary/aromatic N) is 2. The molecule has 10 heteroatoms. The Morgan fingerprint density at radius 2 is 2.10 bits per heavy atom. The summed E-state index contributed by atoms with van der Waals surface area (Å²) >= 11 is 1.35. The van der Waals surface area contributed by atoms with Gasteiger partial charge in [-0.05, 0) is 29.8 Å². The number of fused-ring (bicyclic) bond motifs is 1. The molecule has 2 aromatic rings. The topological polar surface area (TPSA) is 109 Å². The standard InChI is InChI=1S/C21H18N4O5S/c1-29-14-4-3-13-11-25(18(26)17(13)9-14)12-21(19(27)23-20(28)24-21)8-7-15-5-6-16(31-15)10-22-30-2/h3-6,9-10H,11-12H2,1-2H3,(H2,23,24,27,28)/t21-/m1/s1. The summed E-state index contributed by atoms with van der Waals surface area (Å²) in [6.45, 7) is 0.220. The molecule has 1 atom stereocenters. The predicted molar refractivity (Wildman–Crippen MR) is 113 cm³/mol. The summed E-state index contributed by atoms with van der Waals surface area (Å²) in [5, 5.41) is 8.51. The highest BCUT2D eigenvalue weighted by molar-refractivity contribution is 7.14. The fraction of sp³-hybridized carbons (Fsp3) is 0.238. The lowest BCUT2D eigenvalue weighted by Crippen LogP contribution is -2.54. The van der Waals surface area contributed by atoms with Gasteiger partial charge in [0, 0.05) is 17.0 Å². The first-order valence-electron chi connectivity index (χ1n) is 9.23. The highest BCUT2D eigenvalue weighted by Gasteiger charge is 2.48. The SMILES string of the molecule is CON=Cc1ccc(C#C[C@]2(CN3Cc4ccc(OC)cc4C3=O)NC(=O)NC2=O)s1. The Balaban J connectivity index is 1.61. The van der Waals surface area contributed by atoms with Crippen molar-refractivity contribution >= 4 is 35.4 Å². The number of benzene rings is 1. The molecule has 0 bridgehead atoms. The van der Waals surface area contributed by atoms with Gasteiger partial charge in [0.25, 0.3) is 11.8 Å². The maximum Gasteiger partial charge on any atom is 0.323 e. The van der Waals surface area contributed by atoms with Gasteiger partial charge in [0.2, 0.25) is 5.54 Å². The first kappa shape index (κ1) is 20.4. The number of amides is 4. The molecule has 9 nitrogen and oxygen atoms in total. The van der Waals surface area contributed by atoms with Gasteiger partial charge in [-0.3, -0.25) is 14.9 Å². The average Bonchev–Trinajstić information content (AvgIpc) is 3.42. The molecule has 1 saturated heterocycles. The molecule has 31 heavy (non-hydrogen) atoms. The molecular weight excluding hydrogens is 420 g/mol. The van der Waals surface area contributed by atoms with Gasteiger partial charge in [-0.2, -0.15) is 0 Å². The van der Waals surface area contributed by atoms with Crippen LogP contribution in [-0.4, -0.2) is 55.3 Å². The number of thiophene rings is 1. The second-order valence-corrected chi connectivity index (χ2v) is 7.98. The van der Waals surface area contributed by atoms with Crippen LogP contribution in [0.4, 0.5) is 4.79 Å². The summed E-state index contributed by atoms with van der Waals surface area (Å²) in [4.78, 5) is 45.1. The van der Waals surface area contributed by atoms with Gasteiger partial charge in [-0.25, -0.2) is 4.79 Å². The third-order valence-electron chi connectivity index (χ3n) is 4.88. The Morgan fingerprint density at radius 3 is 2.81 bits per heavy atom. The number of imide groups is 1. The van der Waals surface area contributed by atoms with Gasteiger partial charge in [0.1, 0.15) is 12.9 Å². The van der Waals surface area contributed by atoms with Gasteiger partial charge in [0.15, 0.2) is 0 Å². The Morgan fingerprint density at radius 1 is 1.26 bits per heavy atom. The van der Waals surface area contributed by atoms with Crippen molar-refractivity contribution in [2.45, 2.75) is 12.1 Å². The number of carbonyl (C=O) groups excluding carboxylic acids is 3. The van der Waals surface area contributed by atoms with Crippen LogP contribution in [0.2, 0.25) is 0 Å². The maximum absolute atomic E-state index is 12.9. The van der Waals surface area contributed by atoms with E-state index in [-0.39, 0.29) is 12.5 Å². The summed E-state index contributed by atoms with van der Waals surface area (Å²) in [6, 6.07) is 8.19. The zero-order valence-electron chi connectivity index (χ0n) is 16.7. The lowest BCUT2D eigenvalue weighted by molar-refractivity contribution is -0.122. The van der Waals surface area contributed by atoms with Crippen LogP contribution in [0.5, 0.6) is 5.75 Å². The van der Waals surface area contributed by atoms with Crippen molar-refractivity contribution in [3.63, 3.8) is 0 Å². The van der Waals surface area contributed by atoms with Crippen LogP contribution in [0.1, 0.15) is 25.7 Å². The van der Waals surface area contributed by atoms with Crippen LogP contribution in [0.15, 0.2) is 35.5 Å². The molecular formula is C21H18N4O5S. The van der Waals surface area contributed by atoms with E-state index in [4.69, 9.17) is 4.74 Å². The van der Waals surface area contributed by atoms with Crippen LogP contribution < -0.4 is 15.4 Å². The van der Waals surface area contributed by atoms with E-state index in [1.807, 2.05) is 12.1 Å². The van der Waals surface area contributed by atoms with Crippen molar-refractivity contribution in [1.82, 2.24) is 15.5 Å². The predicted octanol–water partition coefficient (Wildman–Crippen LogP) is 1.32.